The van der Waals surface area contributed by atoms with Crippen LogP contribution in [0.25, 0.3) is 0 Å². The molecule has 0 radical (unpaired) electrons. The van der Waals surface area contributed by atoms with Crippen LogP contribution in [0.4, 0.5) is 0 Å². The molecular formula is C9H12BrNO2. The standard InChI is InChI=1S/C9H12BrNO2/c1-3-7-5(2)8(9(12)13)6(10)4-11-7/h4-5,7H,3H2,1-2H3,(H,12,13). The Kier molecular flexibility index (Phi) is 3.25. The summed E-state index contributed by atoms with van der Waals surface area (Å²) in [6, 6.07) is 0.104. The second kappa shape index (κ2) is 4.05. The van der Waals surface area contributed by atoms with Crippen molar-refractivity contribution >= 4 is 28.1 Å². The minimum Gasteiger partial charge on any atom is -0.478 e. The van der Waals surface area contributed by atoms with E-state index in [9.17, 15) is 4.79 Å². The van der Waals surface area contributed by atoms with Gasteiger partial charge in [0.1, 0.15) is 0 Å². The number of dihydropyridines is 1. The minimum atomic E-state index is -0.857. The lowest BCUT2D eigenvalue weighted by molar-refractivity contribution is -0.133. The van der Waals surface area contributed by atoms with Gasteiger partial charge in [-0.05, 0) is 22.4 Å². The van der Waals surface area contributed by atoms with E-state index in [1.807, 2.05) is 13.8 Å². The molecule has 0 aromatic rings. The van der Waals surface area contributed by atoms with Crippen LogP contribution in [0.15, 0.2) is 15.0 Å². The Hall–Kier alpha value is -0.640. The molecule has 0 fully saturated rings. The fraction of sp³-hybridized carbons (Fsp3) is 0.556. The maximum atomic E-state index is 10.9. The van der Waals surface area contributed by atoms with Crippen LogP contribution in [0.1, 0.15) is 20.3 Å². The van der Waals surface area contributed by atoms with Crippen molar-refractivity contribution in [1.29, 1.82) is 0 Å². The van der Waals surface area contributed by atoms with Gasteiger partial charge < -0.3 is 5.11 Å². The SMILES string of the molecule is CCC1N=CC(Br)=C(C(=O)O)C1C. The van der Waals surface area contributed by atoms with Gasteiger partial charge in [-0.25, -0.2) is 4.79 Å². The molecule has 0 saturated carbocycles. The average molecular weight is 246 g/mol. The quantitative estimate of drug-likeness (QED) is 0.812. The number of carboxylic acids is 1. The number of aliphatic imine (C=N–C) groups is 1. The zero-order valence-corrected chi connectivity index (χ0v) is 9.21. The van der Waals surface area contributed by atoms with Crippen LogP contribution in [0, 0.1) is 5.92 Å². The number of hydrogen-bond donors (Lipinski definition) is 1. The van der Waals surface area contributed by atoms with Gasteiger partial charge in [-0.1, -0.05) is 13.8 Å². The van der Waals surface area contributed by atoms with Gasteiger partial charge >= 0.3 is 5.97 Å². The summed E-state index contributed by atoms with van der Waals surface area (Å²) < 4.78 is 0.595. The number of nitrogens with zero attached hydrogens (tertiary/aromatic N) is 1. The van der Waals surface area contributed by atoms with Crippen molar-refractivity contribution in [3.8, 4) is 0 Å². The smallest absolute Gasteiger partial charge is 0.333 e. The van der Waals surface area contributed by atoms with Crippen LogP contribution in [0.3, 0.4) is 0 Å². The highest BCUT2D eigenvalue weighted by molar-refractivity contribution is 9.12. The molecule has 0 bridgehead atoms. The monoisotopic (exact) mass is 245 g/mol. The molecule has 0 aliphatic carbocycles. The van der Waals surface area contributed by atoms with Gasteiger partial charge in [0.25, 0.3) is 0 Å². The van der Waals surface area contributed by atoms with Gasteiger partial charge in [-0.15, -0.1) is 0 Å². The van der Waals surface area contributed by atoms with Crippen LogP contribution >= 0.6 is 15.9 Å². The number of allylic oxidation sites excluding steroid dienone is 1. The molecule has 2 atom stereocenters. The number of carboxylic acid groups (broad SMARTS) is 1. The third-order valence-corrected chi connectivity index (χ3v) is 2.95. The third-order valence-electron chi connectivity index (χ3n) is 2.32. The second-order valence-corrected chi connectivity index (χ2v) is 3.96. The molecule has 1 aliphatic heterocycles. The normalized spacial score (nSPS) is 27.9. The Morgan fingerprint density at radius 2 is 2.38 bits per heavy atom. The van der Waals surface area contributed by atoms with Crippen molar-refractivity contribution in [2.24, 2.45) is 10.9 Å². The first kappa shape index (κ1) is 10.4. The fourth-order valence-electron chi connectivity index (χ4n) is 1.53. The van der Waals surface area contributed by atoms with Crippen LogP contribution in [-0.4, -0.2) is 23.3 Å². The molecule has 4 heteroatoms. The maximum Gasteiger partial charge on any atom is 0.333 e. The minimum absolute atomic E-state index is 0.0122. The summed E-state index contributed by atoms with van der Waals surface area (Å²) in [6.45, 7) is 3.91. The molecular weight excluding hydrogens is 234 g/mol. The molecule has 0 amide bonds. The largest absolute Gasteiger partial charge is 0.478 e. The summed E-state index contributed by atoms with van der Waals surface area (Å²) in [4.78, 5) is 15.1. The van der Waals surface area contributed by atoms with Gasteiger partial charge in [0.2, 0.25) is 0 Å². The van der Waals surface area contributed by atoms with E-state index in [-0.39, 0.29) is 12.0 Å². The predicted molar refractivity (Wildman–Crippen MR) is 55.3 cm³/mol. The van der Waals surface area contributed by atoms with Crippen LogP contribution in [0.5, 0.6) is 0 Å². The Labute approximate surface area is 85.7 Å². The van der Waals surface area contributed by atoms with Gasteiger partial charge in [0, 0.05) is 16.6 Å². The van der Waals surface area contributed by atoms with E-state index in [4.69, 9.17) is 5.11 Å². The van der Waals surface area contributed by atoms with Crippen molar-refractivity contribution in [2.75, 3.05) is 0 Å². The van der Waals surface area contributed by atoms with E-state index >= 15 is 0 Å². The van der Waals surface area contributed by atoms with Gasteiger partial charge in [0.15, 0.2) is 0 Å². The van der Waals surface area contributed by atoms with Crippen molar-refractivity contribution in [3.63, 3.8) is 0 Å². The summed E-state index contributed by atoms with van der Waals surface area (Å²) in [6.07, 6.45) is 2.46. The fourth-order valence-corrected chi connectivity index (χ4v) is 2.17. The molecule has 0 aromatic carbocycles. The summed E-state index contributed by atoms with van der Waals surface area (Å²) in [5, 5.41) is 8.94. The van der Waals surface area contributed by atoms with Crippen LogP contribution < -0.4 is 0 Å². The Morgan fingerprint density at radius 1 is 1.77 bits per heavy atom. The molecule has 0 spiro atoms. The molecule has 72 valence electrons. The number of aliphatic carboxylic acids is 1. The topological polar surface area (TPSA) is 49.7 Å². The van der Waals surface area contributed by atoms with Crippen LogP contribution in [-0.2, 0) is 4.79 Å². The zero-order valence-electron chi connectivity index (χ0n) is 7.62. The summed E-state index contributed by atoms with van der Waals surface area (Å²) >= 11 is 3.20. The Bertz CT molecular complexity index is 283. The van der Waals surface area contributed by atoms with Crippen LogP contribution in [0.2, 0.25) is 0 Å². The number of hydrogen-bond acceptors (Lipinski definition) is 2. The van der Waals surface area contributed by atoms with Gasteiger partial charge in [-0.3, -0.25) is 4.99 Å². The number of rotatable bonds is 2. The zero-order chi connectivity index (χ0) is 10.0. The number of halogens is 1. The molecule has 0 aromatic heterocycles. The summed E-state index contributed by atoms with van der Waals surface area (Å²) in [5.41, 5.74) is 0.432. The third kappa shape index (κ3) is 1.99. The van der Waals surface area contributed by atoms with E-state index < -0.39 is 5.97 Å². The lowest BCUT2D eigenvalue weighted by atomic mass is 9.90. The molecule has 1 rings (SSSR count). The first-order chi connectivity index (χ1) is 6.07. The van der Waals surface area contributed by atoms with Crippen molar-refractivity contribution in [3.05, 3.63) is 10.1 Å². The van der Waals surface area contributed by atoms with Gasteiger partial charge in [0.05, 0.1) is 11.6 Å². The molecule has 13 heavy (non-hydrogen) atoms. The van der Waals surface area contributed by atoms with E-state index in [1.54, 1.807) is 6.21 Å². The molecule has 2 unspecified atom stereocenters. The molecule has 1 N–H and O–H groups in total. The highest BCUT2D eigenvalue weighted by Gasteiger charge is 2.28. The Morgan fingerprint density at radius 3 is 2.85 bits per heavy atom. The summed E-state index contributed by atoms with van der Waals surface area (Å²) in [5.74, 6) is -0.870. The first-order valence-corrected chi connectivity index (χ1v) is 5.03. The highest BCUT2D eigenvalue weighted by atomic mass is 79.9. The van der Waals surface area contributed by atoms with Crippen molar-refractivity contribution in [1.82, 2.24) is 0 Å². The highest BCUT2D eigenvalue weighted by Crippen LogP contribution is 2.28. The van der Waals surface area contributed by atoms with E-state index in [1.165, 1.54) is 0 Å². The van der Waals surface area contributed by atoms with E-state index in [2.05, 4.69) is 20.9 Å². The first-order valence-electron chi connectivity index (χ1n) is 4.24. The van der Waals surface area contributed by atoms with E-state index in [0.29, 0.717) is 10.1 Å². The van der Waals surface area contributed by atoms with Crippen molar-refractivity contribution in [2.45, 2.75) is 26.3 Å². The molecule has 3 nitrogen and oxygen atoms in total. The van der Waals surface area contributed by atoms with Crippen molar-refractivity contribution < 1.29 is 9.90 Å². The average Bonchev–Trinajstić information content (AvgIpc) is 2.04. The molecule has 0 saturated heterocycles. The number of carbonyl (C=O) groups is 1. The summed E-state index contributed by atoms with van der Waals surface area (Å²) in [7, 11) is 0. The van der Waals surface area contributed by atoms with Gasteiger partial charge in [-0.2, -0.15) is 0 Å². The molecule has 1 heterocycles. The Balaban J connectivity index is 3.00. The second-order valence-electron chi connectivity index (χ2n) is 3.11. The lowest BCUT2D eigenvalue weighted by Gasteiger charge is -2.23. The lowest BCUT2D eigenvalue weighted by Crippen LogP contribution is -2.25. The van der Waals surface area contributed by atoms with E-state index in [0.717, 1.165) is 6.42 Å². The maximum absolute atomic E-state index is 10.9. The molecule has 1 aliphatic rings. The predicted octanol–water partition coefficient (Wildman–Crippen LogP) is 2.22.